The van der Waals surface area contributed by atoms with Crippen molar-refractivity contribution in [2.45, 2.75) is 38.0 Å². The van der Waals surface area contributed by atoms with E-state index < -0.39 is 18.3 Å². The molecule has 0 aliphatic heterocycles. The molecule has 2 aliphatic rings. The highest BCUT2D eigenvalue weighted by atomic mass is 16.6. The second kappa shape index (κ2) is 5.31. The van der Waals surface area contributed by atoms with E-state index in [-0.39, 0.29) is 6.04 Å². The molecule has 2 aliphatic carbocycles. The number of ether oxygens (including phenoxy) is 1. The zero-order chi connectivity index (χ0) is 13.1. The first-order valence-corrected chi connectivity index (χ1v) is 6.14. The second-order valence-electron chi connectivity index (χ2n) is 4.68. The quantitative estimate of drug-likeness (QED) is 0.747. The summed E-state index contributed by atoms with van der Waals surface area (Å²) in [5.74, 6) is 0. The van der Waals surface area contributed by atoms with Crippen LogP contribution < -0.4 is 5.32 Å². The van der Waals surface area contributed by atoms with Crippen molar-refractivity contribution >= 4 is 6.09 Å². The molecule has 0 bridgehead atoms. The van der Waals surface area contributed by atoms with Crippen molar-refractivity contribution < 1.29 is 14.6 Å². The van der Waals surface area contributed by atoms with E-state index in [1.165, 1.54) is 0 Å². The van der Waals surface area contributed by atoms with E-state index in [4.69, 9.17) is 4.74 Å². The van der Waals surface area contributed by atoms with Gasteiger partial charge in [0.25, 0.3) is 0 Å². The molecule has 2 rings (SSSR count). The van der Waals surface area contributed by atoms with Gasteiger partial charge in [-0.3, -0.25) is 0 Å². The van der Waals surface area contributed by atoms with Crippen molar-refractivity contribution in [1.29, 1.82) is 0 Å². The van der Waals surface area contributed by atoms with Crippen LogP contribution in [0.25, 0.3) is 0 Å². The maximum atomic E-state index is 11.6. The summed E-state index contributed by atoms with van der Waals surface area (Å²) in [5, 5.41) is 12.5. The number of aliphatic hydroxyl groups excluding tert-OH is 1. The van der Waals surface area contributed by atoms with Crippen molar-refractivity contribution in [2.75, 3.05) is 0 Å². The maximum Gasteiger partial charge on any atom is 0.409 e. The molecule has 0 unspecified atom stereocenters. The van der Waals surface area contributed by atoms with Crippen molar-refractivity contribution in [3.63, 3.8) is 0 Å². The fraction of sp³-hybridized carbons (Fsp3) is 0.429. The molecule has 0 aromatic carbocycles. The maximum absolute atomic E-state index is 11.6. The van der Waals surface area contributed by atoms with Gasteiger partial charge in [0, 0.05) is 24.6 Å². The van der Waals surface area contributed by atoms with Gasteiger partial charge in [0.1, 0.15) is 11.7 Å². The molecule has 0 aromatic rings. The third-order valence-corrected chi connectivity index (χ3v) is 2.93. The number of allylic oxidation sites excluding steroid dienone is 3. The first-order valence-electron chi connectivity index (χ1n) is 6.14. The number of nitrogens with one attached hydrogen (secondary N) is 1. The Morgan fingerprint density at radius 1 is 1.67 bits per heavy atom. The van der Waals surface area contributed by atoms with Crippen LogP contribution >= 0.6 is 0 Å². The van der Waals surface area contributed by atoms with Gasteiger partial charge in [-0.2, -0.15) is 0 Å². The predicted octanol–water partition coefficient (Wildman–Crippen LogP) is 1.88. The SMILES string of the molecule is C=C1C=C[CH+]C=C1[C@@H](OC(=O)NC1CC1)[C@@H](C)O. The molecular formula is C14H18NO3+. The number of amides is 1. The van der Waals surface area contributed by atoms with Crippen LogP contribution in [0.5, 0.6) is 0 Å². The van der Waals surface area contributed by atoms with E-state index in [0.29, 0.717) is 0 Å². The van der Waals surface area contributed by atoms with Crippen LogP contribution in [0.3, 0.4) is 0 Å². The van der Waals surface area contributed by atoms with Gasteiger partial charge in [-0.25, -0.2) is 4.79 Å². The highest BCUT2D eigenvalue weighted by Crippen LogP contribution is 2.24. The summed E-state index contributed by atoms with van der Waals surface area (Å²) in [7, 11) is 0. The molecule has 1 fully saturated rings. The number of aliphatic hydroxyl groups is 1. The van der Waals surface area contributed by atoms with Crippen LogP contribution in [0, 0.1) is 6.42 Å². The molecule has 18 heavy (non-hydrogen) atoms. The Morgan fingerprint density at radius 2 is 2.39 bits per heavy atom. The van der Waals surface area contributed by atoms with Crippen molar-refractivity contribution in [3.8, 4) is 0 Å². The lowest BCUT2D eigenvalue weighted by molar-refractivity contribution is 0.0327. The molecule has 0 spiro atoms. The van der Waals surface area contributed by atoms with E-state index >= 15 is 0 Å². The molecule has 0 radical (unpaired) electrons. The minimum Gasteiger partial charge on any atom is -0.425 e. The molecule has 2 N–H and O–H groups in total. The molecule has 2 atom stereocenters. The average molecular weight is 248 g/mol. The second-order valence-corrected chi connectivity index (χ2v) is 4.68. The van der Waals surface area contributed by atoms with Gasteiger partial charge >= 0.3 is 6.09 Å². The summed E-state index contributed by atoms with van der Waals surface area (Å²) in [6.45, 7) is 5.48. The summed E-state index contributed by atoms with van der Waals surface area (Å²) >= 11 is 0. The highest BCUT2D eigenvalue weighted by molar-refractivity contribution is 5.69. The lowest BCUT2D eigenvalue weighted by Crippen LogP contribution is -2.37. The monoisotopic (exact) mass is 248 g/mol. The Morgan fingerprint density at radius 3 is 2.94 bits per heavy atom. The first-order chi connectivity index (χ1) is 8.58. The molecule has 0 saturated heterocycles. The zero-order valence-electron chi connectivity index (χ0n) is 10.4. The molecule has 4 heteroatoms. The Labute approximate surface area is 107 Å². The van der Waals surface area contributed by atoms with E-state index in [0.717, 1.165) is 24.0 Å². The van der Waals surface area contributed by atoms with E-state index in [1.807, 2.05) is 24.6 Å². The van der Waals surface area contributed by atoms with Crippen LogP contribution in [-0.2, 0) is 4.74 Å². The zero-order valence-corrected chi connectivity index (χ0v) is 10.4. The third-order valence-electron chi connectivity index (χ3n) is 2.93. The molecular weight excluding hydrogens is 230 g/mol. The largest absolute Gasteiger partial charge is 0.425 e. The summed E-state index contributed by atoms with van der Waals surface area (Å²) in [4.78, 5) is 11.6. The fourth-order valence-electron chi connectivity index (χ4n) is 1.78. The van der Waals surface area contributed by atoms with Crippen molar-refractivity contribution in [1.82, 2.24) is 5.32 Å². The summed E-state index contributed by atoms with van der Waals surface area (Å²) < 4.78 is 5.29. The lowest BCUT2D eigenvalue weighted by atomic mass is 9.93. The lowest BCUT2D eigenvalue weighted by Gasteiger charge is -2.20. The Balaban J connectivity index is 2.00. The van der Waals surface area contributed by atoms with Gasteiger partial charge in [-0.1, -0.05) is 6.58 Å². The van der Waals surface area contributed by atoms with Crippen LogP contribution in [-0.4, -0.2) is 29.4 Å². The van der Waals surface area contributed by atoms with Crippen LogP contribution in [0.2, 0.25) is 0 Å². The Kier molecular flexibility index (Phi) is 3.77. The van der Waals surface area contributed by atoms with Crippen LogP contribution in [0.15, 0.2) is 36.0 Å². The van der Waals surface area contributed by atoms with Crippen molar-refractivity contribution in [2.24, 2.45) is 0 Å². The normalized spacial score (nSPS) is 21.7. The van der Waals surface area contributed by atoms with Gasteiger partial charge < -0.3 is 15.2 Å². The summed E-state index contributed by atoms with van der Waals surface area (Å²) in [6.07, 6.45) is 7.39. The molecule has 1 amide bonds. The van der Waals surface area contributed by atoms with E-state index in [1.54, 1.807) is 6.92 Å². The number of hydrogen-bond acceptors (Lipinski definition) is 3. The smallest absolute Gasteiger partial charge is 0.409 e. The van der Waals surface area contributed by atoms with Crippen LogP contribution in [0.1, 0.15) is 19.8 Å². The minimum atomic E-state index is -0.780. The predicted molar refractivity (Wildman–Crippen MR) is 68.8 cm³/mol. The van der Waals surface area contributed by atoms with Gasteiger partial charge in [-0.15, -0.1) is 0 Å². The van der Waals surface area contributed by atoms with Gasteiger partial charge in [0.15, 0.2) is 6.10 Å². The van der Waals surface area contributed by atoms with Gasteiger partial charge in [0.05, 0.1) is 11.6 Å². The number of carbonyl (C=O) groups is 1. The summed E-state index contributed by atoms with van der Waals surface area (Å²) in [6, 6.07) is 0.238. The number of rotatable bonds is 4. The highest BCUT2D eigenvalue weighted by Gasteiger charge is 2.33. The molecule has 96 valence electrons. The first kappa shape index (κ1) is 12.8. The van der Waals surface area contributed by atoms with Crippen molar-refractivity contribution in [3.05, 3.63) is 42.4 Å². The summed E-state index contributed by atoms with van der Waals surface area (Å²) in [5.41, 5.74) is 1.49. The van der Waals surface area contributed by atoms with Gasteiger partial charge in [-0.05, 0) is 19.8 Å². The number of carbonyl (C=O) groups excluding carboxylic acids is 1. The molecule has 0 heterocycles. The average Bonchev–Trinajstić information content (AvgIpc) is 3.10. The van der Waals surface area contributed by atoms with Crippen LogP contribution in [0.4, 0.5) is 4.79 Å². The number of hydrogen-bond donors (Lipinski definition) is 2. The third kappa shape index (κ3) is 3.17. The molecule has 1 saturated carbocycles. The number of alkyl carbamates (subject to hydrolysis) is 1. The van der Waals surface area contributed by atoms with Gasteiger partial charge in [0.2, 0.25) is 0 Å². The minimum absolute atomic E-state index is 0.238. The fourth-order valence-corrected chi connectivity index (χ4v) is 1.78. The molecule has 0 aromatic heterocycles. The standard InChI is InChI=1S/C14H17NO3/c1-9-5-3-4-6-12(9)13(10(2)16)18-14(17)15-11-7-8-11/h3-6,10-11,13,16H,1,7-8H2,2H3/p+1/t10-,13+/m1/s1. The Hall–Kier alpha value is -1.68. The molecule has 4 nitrogen and oxygen atoms in total. The van der Waals surface area contributed by atoms with E-state index in [9.17, 15) is 9.90 Å². The van der Waals surface area contributed by atoms with E-state index in [2.05, 4.69) is 11.9 Å². The Bertz CT molecular complexity index is 405. The topological polar surface area (TPSA) is 58.6 Å².